The summed E-state index contributed by atoms with van der Waals surface area (Å²) in [5, 5.41) is 12.2. The Kier molecular flexibility index (Phi) is 4.66. The molecule has 16 heavy (non-hydrogen) atoms. The van der Waals surface area contributed by atoms with Crippen LogP contribution in [-0.4, -0.2) is 11.4 Å². The lowest BCUT2D eigenvalue weighted by molar-refractivity contribution is 1.27. The first-order valence-electron chi connectivity index (χ1n) is 4.63. The molecule has 0 aliphatic heterocycles. The number of benzene rings is 1. The van der Waals surface area contributed by atoms with Crippen molar-refractivity contribution in [3.63, 3.8) is 0 Å². The van der Waals surface area contributed by atoms with Crippen LogP contribution >= 0.6 is 23.4 Å². The zero-order chi connectivity index (χ0) is 12.1. The average Bonchev–Trinajstić information content (AvgIpc) is 2.21. The van der Waals surface area contributed by atoms with Gasteiger partial charge in [0.15, 0.2) is 11.4 Å². The van der Waals surface area contributed by atoms with Crippen molar-refractivity contribution in [1.82, 2.24) is 5.32 Å². The summed E-state index contributed by atoms with van der Waals surface area (Å²) in [5.74, 6) is 0. The Labute approximate surface area is 105 Å². The summed E-state index contributed by atoms with van der Waals surface area (Å²) >= 11 is 7.48. The Morgan fingerprint density at radius 2 is 2.19 bits per heavy atom. The standard InChI is InChI=1S/C11H12ClN3S/c1-7-4-8(2)10(9(12)5-7)15-11(16-3)14-6-13/h4-5H,1-3H3,(H,14,15). The Morgan fingerprint density at radius 3 is 2.69 bits per heavy atom. The summed E-state index contributed by atoms with van der Waals surface area (Å²) in [6.07, 6.45) is 3.69. The van der Waals surface area contributed by atoms with Crippen molar-refractivity contribution in [3.05, 3.63) is 28.3 Å². The van der Waals surface area contributed by atoms with Crippen LogP contribution in [0.2, 0.25) is 5.02 Å². The number of halogens is 1. The second kappa shape index (κ2) is 5.78. The van der Waals surface area contributed by atoms with Crippen molar-refractivity contribution >= 4 is 34.2 Å². The average molecular weight is 254 g/mol. The maximum absolute atomic E-state index is 8.54. The molecule has 0 radical (unpaired) electrons. The van der Waals surface area contributed by atoms with Gasteiger partial charge in [-0.25, -0.2) is 4.99 Å². The molecule has 0 saturated heterocycles. The highest BCUT2D eigenvalue weighted by molar-refractivity contribution is 8.13. The highest BCUT2D eigenvalue weighted by atomic mass is 35.5. The van der Waals surface area contributed by atoms with Gasteiger partial charge in [-0.15, -0.1) is 0 Å². The third-order valence-corrected chi connectivity index (χ3v) is 2.84. The minimum absolute atomic E-state index is 0.538. The quantitative estimate of drug-likeness (QED) is 0.361. The van der Waals surface area contributed by atoms with Crippen molar-refractivity contribution in [2.24, 2.45) is 4.99 Å². The molecule has 0 unspecified atom stereocenters. The summed E-state index contributed by atoms with van der Waals surface area (Å²) in [5.41, 5.74) is 2.80. The van der Waals surface area contributed by atoms with E-state index < -0.39 is 0 Å². The number of nitrogens with zero attached hydrogens (tertiary/aromatic N) is 2. The number of amidine groups is 1. The summed E-state index contributed by atoms with van der Waals surface area (Å²) in [6, 6.07) is 3.87. The highest BCUT2D eigenvalue weighted by Gasteiger charge is 2.05. The van der Waals surface area contributed by atoms with E-state index >= 15 is 0 Å². The van der Waals surface area contributed by atoms with E-state index in [1.165, 1.54) is 11.8 Å². The van der Waals surface area contributed by atoms with Crippen LogP contribution in [0.3, 0.4) is 0 Å². The molecule has 1 rings (SSSR count). The Morgan fingerprint density at radius 1 is 1.50 bits per heavy atom. The number of rotatable bonds is 1. The fourth-order valence-electron chi connectivity index (χ4n) is 1.32. The molecule has 1 aromatic rings. The van der Waals surface area contributed by atoms with E-state index in [9.17, 15) is 0 Å². The van der Waals surface area contributed by atoms with Gasteiger partial charge in [-0.3, -0.25) is 5.32 Å². The number of hydrogen-bond acceptors (Lipinski definition) is 3. The van der Waals surface area contributed by atoms with Crippen LogP contribution in [-0.2, 0) is 0 Å². The van der Waals surface area contributed by atoms with Crippen molar-refractivity contribution in [1.29, 1.82) is 5.26 Å². The molecule has 3 nitrogen and oxygen atoms in total. The van der Waals surface area contributed by atoms with E-state index in [-0.39, 0.29) is 0 Å². The van der Waals surface area contributed by atoms with Gasteiger partial charge in [-0.2, -0.15) is 5.26 Å². The number of nitrogens with one attached hydrogen (secondary N) is 1. The van der Waals surface area contributed by atoms with E-state index in [1.54, 1.807) is 0 Å². The molecule has 1 N–H and O–H groups in total. The van der Waals surface area contributed by atoms with Crippen molar-refractivity contribution in [2.75, 3.05) is 6.26 Å². The lowest BCUT2D eigenvalue weighted by atomic mass is 10.1. The molecule has 0 spiro atoms. The highest BCUT2D eigenvalue weighted by Crippen LogP contribution is 2.30. The van der Waals surface area contributed by atoms with Crippen LogP contribution in [0.15, 0.2) is 17.1 Å². The van der Waals surface area contributed by atoms with E-state index in [2.05, 4.69) is 10.3 Å². The lowest BCUT2D eigenvalue weighted by Crippen LogP contribution is -2.12. The molecule has 0 aliphatic rings. The van der Waals surface area contributed by atoms with Gasteiger partial charge in [-0.1, -0.05) is 29.4 Å². The molecule has 1 aromatic carbocycles. The van der Waals surface area contributed by atoms with Crippen LogP contribution in [0.25, 0.3) is 0 Å². The third-order valence-electron chi connectivity index (χ3n) is 1.97. The second-order valence-corrected chi connectivity index (χ2v) is 4.47. The summed E-state index contributed by atoms with van der Waals surface area (Å²) in [7, 11) is 0. The fourth-order valence-corrected chi connectivity index (χ4v) is 2.02. The van der Waals surface area contributed by atoms with E-state index in [0.717, 1.165) is 11.1 Å². The topological polar surface area (TPSA) is 48.2 Å². The zero-order valence-electron chi connectivity index (χ0n) is 9.34. The van der Waals surface area contributed by atoms with Gasteiger partial charge >= 0.3 is 0 Å². The molecule has 0 aliphatic carbocycles. The fraction of sp³-hybridized carbons (Fsp3) is 0.273. The van der Waals surface area contributed by atoms with Gasteiger partial charge < -0.3 is 0 Å². The molecule has 0 atom stereocenters. The van der Waals surface area contributed by atoms with Gasteiger partial charge in [0.1, 0.15) is 0 Å². The van der Waals surface area contributed by atoms with Gasteiger partial charge in [0.2, 0.25) is 0 Å². The predicted molar refractivity (Wildman–Crippen MR) is 70.3 cm³/mol. The van der Waals surface area contributed by atoms with Gasteiger partial charge in [0.05, 0.1) is 10.7 Å². The summed E-state index contributed by atoms with van der Waals surface area (Å²) in [6.45, 7) is 3.93. The summed E-state index contributed by atoms with van der Waals surface area (Å²) in [4.78, 5) is 4.32. The number of hydrogen-bond donors (Lipinski definition) is 1. The van der Waals surface area contributed by atoms with E-state index in [0.29, 0.717) is 15.9 Å². The van der Waals surface area contributed by atoms with Gasteiger partial charge in [-0.05, 0) is 37.3 Å². The van der Waals surface area contributed by atoms with Crippen LogP contribution in [0.1, 0.15) is 11.1 Å². The van der Waals surface area contributed by atoms with Gasteiger partial charge in [0, 0.05) is 0 Å². The Bertz CT molecular complexity index is 440. The maximum atomic E-state index is 8.54. The number of aryl methyl sites for hydroxylation is 2. The molecule has 0 amide bonds. The molecular weight excluding hydrogens is 242 g/mol. The van der Waals surface area contributed by atoms with Crippen molar-refractivity contribution in [3.8, 4) is 6.19 Å². The molecule has 0 aromatic heterocycles. The number of nitriles is 1. The predicted octanol–water partition coefficient (Wildman–Crippen LogP) is 3.38. The molecule has 0 saturated carbocycles. The third kappa shape index (κ3) is 3.16. The molecule has 0 fully saturated rings. The van der Waals surface area contributed by atoms with E-state index in [4.69, 9.17) is 16.9 Å². The maximum Gasteiger partial charge on any atom is 0.183 e. The van der Waals surface area contributed by atoms with Crippen molar-refractivity contribution in [2.45, 2.75) is 13.8 Å². The minimum Gasteiger partial charge on any atom is -0.271 e. The first-order chi connectivity index (χ1) is 7.58. The van der Waals surface area contributed by atoms with Gasteiger partial charge in [0.25, 0.3) is 0 Å². The molecule has 0 bridgehead atoms. The monoisotopic (exact) mass is 253 g/mol. The first kappa shape index (κ1) is 12.9. The second-order valence-electron chi connectivity index (χ2n) is 3.27. The van der Waals surface area contributed by atoms with Crippen LogP contribution in [0.4, 0.5) is 5.69 Å². The molecule has 5 heteroatoms. The Balaban J connectivity index is 3.19. The SMILES string of the molecule is CSC(=Nc1c(C)cc(C)cc1Cl)NC#N. The smallest absolute Gasteiger partial charge is 0.183 e. The van der Waals surface area contributed by atoms with Crippen LogP contribution < -0.4 is 5.32 Å². The molecule has 84 valence electrons. The van der Waals surface area contributed by atoms with Crippen LogP contribution in [0.5, 0.6) is 0 Å². The number of aliphatic imine (C=N–C) groups is 1. The van der Waals surface area contributed by atoms with Crippen LogP contribution in [0, 0.1) is 25.3 Å². The van der Waals surface area contributed by atoms with E-state index in [1.807, 2.05) is 38.4 Å². The zero-order valence-corrected chi connectivity index (χ0v) is 10.9. The summed E-state index contributed by atoms with van der Waals surface area (Å²) < 4.78 is 0. The first-order valence-corrected chi connectivity index (χ1v) is 6.23. The number of thioether (sulfide) groups is 1. The lowest BCUT2D eigenvalue weighted by Gasteiger charge is -2.06. The minimum atomic E-state index is 0.538. The van der Waals surface area contributed by atoms with Crippen molar-refractivity contribution < 1.29 is 0 Å². The molecule has 0 heterocycles. The molecular formula is C11H12ClN3S. The largest absolute Gasteiger partial charge is 0.271 e. The Hall–Kier alpha value is -1.18. The normalized spacial score (nSPS) is 11.1.